The lowest BCUT2D eigenvalue weighted by Gasteiger charge is -2.17. The fourth-order valence-electron chi connectivity index (χ4n) is 2.83. The van der Waals surface area contributed by atoms with Crippen LogP contribution in [-0.4, -0.2) is 26.2 Å². The van der Waals surface area contributed by atoms with Gasteiger partial charge in [0, 0.05) is 18.8 Å². The van der Waals surface area contributed by atoms with Gasteiger partial charge in [0.15, 0.2) is 0 Å². The van der Waals surface area contributed by atoms with E-state index in [1.54, 1.807) is 6.07 Å². The van der Waals surface area contributed by atoms with Crippen LogP contribution in [0.25, 0.3) is 11.1 Å². The summed E-state index contributed by atoms with van der Waals surface area (Å²) in [6.45, 7) is 2.18. The molecule has 2 aromatic rings. The van der Waals surface area contributed by atoms with Crippen molar-refractivity contribution in [3.05, 3.63) is 53.8 Å². The zero-order valence-electron chi connectivity index (χ0n) is 12.5. The summed E-state index contributed by atoms with van der Waals surface area (Å²) in [6, 6.07) is 12.3. The molecule has 2 aromatic carbocycles. The second kappa shape index (κ2) is 6.18. The van der Waals surface area contributed by atoms with Gasteiger partial charge in [-0.1, -0.05) is 12.1 Å². The molecule has 0 radical (unpaired) electrons. The van der Waals surface area contributed by atoms with Crippen molar-refractivity contribution in [1.82, 2.24) is 0 Å². The predicted octanol–water partition coefficient (Wildman–Crippen LogP) is 3.88. The molecule has 1 aliphatic rings. The molecule has 1 saturated heterocycles. The second-order valence-electron chi connectivity index (χ2n) is 5.46. The Kier molecular flexibility index (Phi) is 4.09. The molecular formula is C18H18FNO2. The first-order chi connectivity index (χ1) is 10.7. The van der Waals surface area contributed by atoms with Crippen LogP contribution in [0.1, 0.15) is 23.2 Å². The summed E-state index contributed by atoms with van der Waals surface area (Å²) >= 11 is 0. The molecule has 1 fully saturated rings. The lowest BCUT2D eigenvalue weighted by molar-refractivity contribution is 0.0600. The smallest absolute Gasteiger partial charge is 0.337 e. The zero-order chi connectivity index (χ0) is 15.5. The summed E-state index contributed by atoms with van der Waals surface area (Å²) in [5.41, 5.74) is 2.97. The summed E-state index contributed by atoms with van der Waals surface area (Å²) in [5, 5.41) is 0. The van der Waals surface area contributed by atoms with Crippen LogP contribution in [0.3, 0.4) is 0 Å². The SMILES string of the molecule is COC(=O)c1cc(F)cc(-c2ccc(N3CCCC3)cc2)c1. The molecule has 0 atom stereocenters. The summed E-state index contributed by atoms with van der Waals surface area (Å²) < 4.78 is 18.4. The van der Waals surface area contributed by atoms with Gasteiger partial charge in [0.2, 0.25) is 0 Å². The monoisotopic (exact) mass is 299 g/mol. The molecule has 0 bridgehead atoms. The highest BCUT2D eigenvalue weighted by Gasteiger charge is 2.13. The van der Waals surface area contributed by atoms with Crippen molar-refractivity contribution in [3.8, 4) is 11.1 Å². The minimum absolute atomic E-state index is 0.223. The minimum atomic E-state index is -0.533. The molecular weight excluding hydrogens is 281 g/mol. The molecule has 0 unspecified atom stereocenters. The number of anilines is 1. The number of nitrogens with zero attached hydrogens (tertiary/aromatic N) is 1. The van der Waals surface area contributed by atoms with Gasteiger partial charge in [-0.05, 0) is 54.3 Å². The minimum Gasteiger partial charge on any atom is -0.465 e. The molecule has 114 valence electrons. The molecule has 4 heteroatoms. The number of methoxy groups -OCH3 is 1. The van der Waals surface area contributed by atoms with Gasteiger partial charge in [-0.15, -0.1) is 0 Å². The first-order valence-corrected chi connectivity index (χ1v) is 7.41. The van der Waals surface area contributed by atoms with Crippen LogP contribution < -0.4 is 4.90 Å². The maximum atomic E-state index is 13.7. The number of esters is 1. The number of ether oxygens (including phenoxy) is 1. The molecule has 0 N–H and O–H groups in total. The third kappa shape index (κ3) is 2.96. The number of carbonyl (C=O) groups excluding carboxylic acids is 1. The molecule has 1 aliphatic heterocycles. The van der Waals surface area contributed by atoms with E-state index in [-0.39, 0.29) is 5.56 Å². The van der Waals surface area contributed by atoms with Crippen LogP contribution in [0.5, 0.6) is 0 Å². The Morgan fingerprint density at radius 2 is 1.73 bits per heavy atom. The van der Waals surface area contributed by atoms with E-state index in [1.165, 1.54) is 37.8 Å². The normalized spacial score (nSPS) is 14.2. The van der Waals surface area contributed by atoms with Crippen molar-refractivity contribution in [2.75, 3.05) is 25.1 Å². The quantitative estimate of drug-likeness (QED) is 0.806. The van der Waals surface area contributed by atoms with Crippen LogP contribution in [0, 0.1) is 5.82 Å². The van der Waals surface area contributed by atoms with Crippen LogP contribution in [0.2, 0.25) is 0 Å². The fraction of sp³-hybridized carbons (Fsp3) is 0.278. The number of halogens is 1. The van der Waals surface area contributed by atoms with E-state index >= 15 is 0 Å². The van der Waals surface area contributed by atoms with E-state index in [0.717, 1.165) is 18.7 Å². The van der Waals surface area contributed by atoms with Gasteiger partial charge in [-0.3, -0.25) is 0 Å². The Morgan fingerprint density at radius 1 is 1.05 bits per heavy atom. The van der Waals surface area contributed by atoms with Gasteiger partial charge in [0.1, 0.15) is 5.82 Å². The van der Waals surface area contributed by atoms with Crippen molar-refractivity contribution >= 4 is 11.7 Å². The van der Waals surface area contributed by atoms with E-state index < -0.39 is 11.8 Å². The summed E-state index contributed by atoms with van der Waals surface area (Å²) in [6.07, 6.45) is 2.46. The number of benzene rings is 2. The Hall–Kier alpha value is -2.36. The van der Waals surface area contributed by atoms with Gasteiger partial charge in [0.25, 0.3) is 0 Å². The maximum Gasteiger partial charge on any atom is 0.337 e. The predicted molar refractivity (Wildman–Crippen MR) is 84.6 cm³/mol. The van der Waals surface area contributed by atoms with E-state index in [9.17, 15) is 9.18 Å². The maximum absolute atomic E-state index is 13.7. The van der Waals surface area contributed by atoms with Gasteiger partial charge in [-0.25, -0.2) is 9.18 Å². The molecule has 0 saturated carbocycles. The van der Waals surface area contributed by atoms with Gasteiger partial charge in [0.05, 0.1) is 12.7 Å². The van der Waals surface area contributed by atoms with Crippen LogP contribution in [0.15, 0.2) is 42.5 Å². The Balaban J connectivity index is 1.90. The summed E-state index contributed by atoms with van der Waals surface area (Å²) in [4.78, 5) is 13.9. The fourth-order valence-corrected chi connectivity index (χ4v) is 2.83. The van der Waals surface area contributed by atoms with Crippen LogP contribution in [0.4, 0.5) is 10.1 Å². The molecule has 0 aliphatic carbocycles. The number of hydrogen-bond donors (Lipinski definition) is 0. The van der Waals surface area contributed by atoms with Crippen molar-refractivity contribution in [3.63, 3.8) is 0 Å². The number of carbonyl (C=O) groups is 1. The average molecular weight is 299 g/mol. The molecule has 0 amide bonds. The van der Waals surface area contributed by atoms with Crippen LogP contribution in [-0.2, 0) is 4.74 Å². The van der Waals surface area contributed by atoms with Gasteiger partial charge >= 0.3 is 5.97 Å². The zero-order valence-corrected chi connectivity index (χ0v) is 12.5. The third-order valence-corrected chi connectivity index (χ3v) is 3.99. The first kappa shape index (κ1) is 14.6. The second-order valence-corrected chi connectivity index (χ2v) is 5.46. The van der Waals surface area contributed by atoms with Crippen molar-refractivity contribution < 1.29 is 13.9 Å². The Labute approximate surface area is 129 Å². The highest BCUT2D eigenvalue weighted by atomic mass is 19.1. The summed E-state index contributed by atoms with van der Waals surface area (Å²) in [5.74, 6) is -0.976. The van der Waals surface area contributed by atoms with Gasteiger partial charge < -0.3 is 9.64 Å². The standard InChI is InChI=1S/C18H18FNO2/c1-22-18(21)15-10-14(11-16(19)12-15)13-4-6-17(7-5-13)20-8-2-3-9-20/h4-7,10-12H,2-3,8-9H2,1H3. The first-order valence-electron chi connectivity index (χ1n) is 7.41. The number of hydrogen-bond acceptors (Lipinski definition) is 3. The Bertz CT molecular complexity index is 676. The van der Waals surface area contributed by atoms with Gasteiger partial charge in [-0.2, -0.15) is 0 Å². The highest BCUT2D eigenvalue weighted by Crippen LogP contribution is 2.26. The van der Waals surface area contributed by atoms with E-state index in [1.807, 2.05) is 24.3 Å². The molecule has 3 rings (SSSR count). The van der Waals surface area contributed by atoms with Crippen molar-refractivity contribution in [1.29, 1.82) is 0 Å². The average Bonchev–Trinajstić information content (AvgIpc) is 3.08. The third-order valence-electron chi connectivity index (χ3n) is 3.99. The van der Waals surface area contributed by atoms with E-state index in [4.69, 9.17) is 0 Å². The number of rotatable bonds is 3. The van der Waals surface area contributed by atoms with Crippen LogP contribution >= 0.6 is 0 Å². The van der Waals surface area contributed by atoms with Crippen molar-refractivity contribution in [2.24, 2.45) is 0 Å². The highest BCUT2D eigenvalue weighted by molar-refractivity contribution is 5.91. The lowest BCUT2D eigenvalue weighted by Crippen LogP contribution is -2.17. The summed E-state index contributed by atoms with van der Waals surface area (Å²) in [7, 11) is 1.29. The van der Waals surface area contributed by atoms with E-state index in [2.05, 4.69) is 9.64 Å². The van der Waals surface area contributed by atoms with Crippen molar-refractivity contribution in [2.45, 2.75) is 12.8 Å². The molecule has 22 heavy (non-hydrogen) atoms. The van der Waals surface area contributed by atoms with E-state index in [0.29, 0.717) is 5.56 Å². The largest absolute Gasteiger partial charge is 0.465 e. The lowest BCUT2D eigenvalue weighted by atomic mass is 10.0. The molecule has 3 nitrogen and oxygen atoms in total. The molecule has 0 spiro atoms. The molecule has 1 heterocycles. The topological polar surface area (TPSA) is 29.5 Å². The molecule has 0 aromatic heterocycles. The Morgan fingerprint density at radius 3 is 2.36 bits per heavy atom.